The Morgan fingerprint density at radius 3 is 2.64 bits per heavy atom. The molecule has 0 unspecified atom stereocenters. The number of amidine groups is 1. The van der Waals surface area contributed by atoms with Gasteiger partial charge in [-0.1, -0.05) is 55.6 Å². The first kappa shape index (κ1) is 24.4. The lowest BCUT2D eigenvalue weighted by Crippen LogP contribution is -2.44. The van der Waals surface area contributed by atoms with Gasteiger partial charge >= 0.3 is 5.97 Å². The Kier molecular flexibility index (Phi) is 7.03. The highest BCUT2D eigenvalue weighted by molar-refractivity contribution is 8.18. The number of aromatic carboxylic acids is 1. The molecule has 184 valence electrons. The minimum Gasteiger partial charge on any atom is -0.478 e. The van der Waals surface area contributed by atoms with Gasteiger partial charge in [-0.25, -0.2) is 9.79 Å². The molecular formula is C28H25ClN2O4S. The lowest BCUT2D eigenvalue weighted by molar-refractivity contribution is -0.124. The van der Waals surface area contributed by atoms with E-state index < -0.39 is 5.97 Å². The Morgan fingerprint density at radius 1 is 1.14 bits per heavy atom. The average molecular weight is 521 g/mol. The summed E-state index contributed by atoms with van der Waals surface area (Å²) < 4.78 is 5.98. The van der Waals surface area contributed by atoms with Crippen molar-refractivity contribution in [1.82, 2.24) is 4.90 Å². The number of amides is 1. The van der Waals surface area contributed by atoms with E-state index in [1.807, 2.05) is 35.2 Å². The van der Waals surface area contributed by atoms with E-state index in [9.17, 15) is 14.7 Å². The van der Waals surface area contributed by atoms with Crippen LogP contribution in [0.2, 0.25) is 5.02 Å². The summed E-state index contributed by atoms with van der Waals surface area (Å²) in [6.07, 6.45) is 6.10. The number of carboxylic acids is 1. The minimum atomic E-state index is -1.09. The second-order valence-electron chi connectivity index (χ2n) is 9.05. The summed E-state index contributed by atoms with van der Waals surface area (Å²) in [6, 6.07) is 18.0. The van der Waals surface area contributed by atoms with Gasteiger partial charge in [0, 0.05) is 17.7 Å². The van der Waals surface area contributed by atoms with E-state index in [-0.39, 0.29) is 22.5 Å². The van der Waals surface area contributed by atoms with Crippen LogP contribution in [-0.4, -0.2) is 33.1 Å². The molecule has 2 aliphatic rings. The van der Waals surface area contributed by atoms with E-state index in [4.69, 9.17) is 21.0 Å². The highest BCUT2D eigenvalue weighted by Crippen LogP contribution is 2.40. The van der Waals surface area contributed by atoms with Crippen molar-refractivity contribution in [2.45, 2.75) is 38.6 Å². The molecule has 8 heteroatoms. The first-order valence-electron chi connectivity index (χ1n) is 11.9. The summed E-state index contributed by atoms with van der Waals surface area (Å²) in [6.45, 7) is 2.21. The molecule has 1 aliphatic carbocycles. The standard InChI is InChI=1S/C28H25ClN2O4S/c1-17-7-5-6-10-23(17)31-26(32)25(36-28(31)30-19-8-3-2-4-9-19)16-20-12-14-24(35-20)18-11-13-21(27(33)34)22(29)15-18/h2-4,8-9,11-17,23H,5-7,10H2,1H3,(H,33,34)/b25-16-,30-28?/t17-,23+/m1/s1. The van der Waals surface area contributed by atoms with E-state index >= 15 is 0 Å². The maximum atomic E-state index is 13.6. The Morgan fingerprint density at radius 2 is 1.92 bits per heavy atom. The predicted molar refractivity (Wildman–Crippen MR) is 143 cm³/mol. The van der Waals surface area contributed by atoms with E-state index in [2.05, 4.69) is 6.92 Å². The monoisotopic (exact) mass is 520 g/mol. The normalized spacial score (nSPS) is 22.5. The quantitative estimate of drug-likeness (QED) is 0.352. The number of hydrogen-bond acceptors (Lipinski definition) is 5. The van der Waals surface area contributed by atoms with Gasteiger partial charge in [-0.2, -0.15) is 0 Å². The van der Waals surface area contributed by atoms with Crippen LogP contribution in [-0.2, 0) is 4.79 Å². The third-order valence-electron chi connectivity index (χ3n) is 6.60. The zero-order valence-electron chi connectivity index (χ0n) is 19.7. The van der Waals surface area contributed by atoms with Crippen molar-refractivity contribution in [3.8, 4) is 11.3 Å². The van der Waals surface area contributed by atoms with E-state index in [0.717, 1.165) is 24.9 Å². The molecule has 1 aromatic heterocycles. The summed E-state index contributed by atoms with van der Waals surface area (Å²) in [4.78, 5) is 32.1. The van der Waals surface area contributed by atoms with Crippen LogP contribution in [0.15, 0.2) is 75.0 Å². The Labute approximate surface area is 218 Å². The Hall–Kier alpha value is -3.29. The van der Waals surface area contributed by atoms with Gasteiger partial charge in [0.15, 0.2) is 5.17 Å². The van der Waals surface area contributed by atoms with Crippen LogP contribution in [0.3, 0.4) is 0 Å². The molecule has 1 N–H and O–H groups in total. The second-order valence-corrected chi connectivity index (χ2v) is 10.5. The van der Waals surface area contributed by atoms with Gasteiger partial charge in [0.1, 0.15) is 11.5 Å². The van der Waals surface area contributed by atoms with E-state index in [1.54, 1.807) is 30.3 Å². The van der Waals surface area contributed by atoms with Gasteiger partial charge in [-0.15, -0.1) is 0 Å². The largest absolute Gasteiger partial charge is 0.478 e. The zero-order chi connectivity index (χ0) is 25.2. The molecule has 2 fully saturated rings. The number of carbonyl (C=O) groups excluding carboxylic acids is 1. The third kappa shape index (κ3) is 4.99. The maximum Gasteiger partial charge on any atom is 0.337 e. The highest BCUT2D eigenvalue weighted by atomic mass is 35.5. The fourth-order valence-electron chi connectivity index (χ4n) is 4.71. The summed E-state index contributed by atoms with van der Waals surface area (Å²) >= 11 is 7.49. The van der Waals surface area contributed by atoms with E-state index in [1.165, 1.54) is 24.2 Å². The molecule has 5 rings (SSSR count). The highest BCUT2D eigenvalue weighted by Gasteiger charge is 2.41. The molecule has 2 heterocycles. The first-order valence-corrected chi connectivity index (χ1v) is 13.1. The van der Waals surface area contributed by atoms with E-state index in [0.29, 0.717) is 33.1 Å². The van der Waals surface area contributed by atoms with Gasteiger partial charge in [-0.05, 0) is 66.9 Å². The molecule has 3 aromatic rings. The fraction of sp³-hybridized carbons (Fsp3) is 0.250. The molecule has 36 heavy (non-hydrogen) atoms. The number of thioether (sulfide) groups is 1. The number of rotatable bonds is 5. The predicted octanol–water partition coefficient (Wildman–Crippen LogP) is 7.48. The summed E-state index contributed by atoms with van der Waals surface area (Å²) in [5.41, 5.74) is 1.50. The molecule has 1 saturated carbocycles. The van der Waals surface area contributed by atoms with Crippen molar-refractivity contribution in [3.63, 3.8) is 0 Å². The second kappa shape index (κ2) is 10.4. The lowest BCUT2D eigenvalue weighted by Gasteiger charge is -2.35. The van der Waals surface area contributed by atoms with Crippen LogP contribution in [0.5, 0.6) is 0 Å². The number of nitrogens with zero attached hydrogens (tertiary/aromatic N) is 2. The average Bonchev–Trinajstić information content (AvgIpc) is 3.45. The van der Waals surface area contributed by atoms with Crippen molar-refractivity contribution in [2.24, 2.45) is 10.9 Å². The summed E-state index contributed by atoms with van der Waals surface area (Å²) in [5, 5.41) is 10.0. The Bertz CT molecular complexity index is 1360. The third-order valence-corrected chi connectivity index (χ3v) is 7.90. The molecular weight excluding hydrogens is 496 g/mol. The number of carbonyl (C=O) groups is 2. The van der Waals surface area contributed by atoms with Crippen LogP contribution in [0.4, 0.5) is 5.69 Å². The van der Waals surface area contributed by atoms with Crippen LogP contribution in [0.1, 0.15) is 48.7 Å². The fourth-order valence-corrected chi connectivity index (χ4v) is 5.99. The summed E-state index contributed by atoms with van der Waals surface area (Å²) in [7, 11) is 0. The molecule has 0 radical (unpaired) electrons. The summed E-state index contributed by atoms with van der Waals surface area (Å²) in [5.74, 6) is 0.319. The Balaban J connectivity index is 1.46. The minimum absolute atomic E-state index is 0.0320. The molecule has 2 aromatic carbocycles. The van der Waals surface area contributed by atoms with Crippen molar-refractivity contribution >= 4 is 52.2 Å². The molecule has 0 spiro atoms. The smallest absolute Gasteiger partial charge is 0.337 e. The van der Waals surface area contributed by atoms with Gasteiger partial charge < -0.3 is 9.52 Å². The molecule has 1 amide bonds. The molecule has 1 aliphatic heterocycles. The van der Waals surface area contributed by atoms with Gasteiger partial charge in [0.2, 0.25) is 0 Å². The number of hydrogen-bond donors (Lipinski definition) is 1. The van der Waals surface area contributed by atoms with Crippen molar-refractivity contribution in [1.29, 1.82) is 0 Å². The molecule has 1 saturated heterocycles. The van der Waals surface area contributed by atoms with Crippen molar-refractivity contribution < 1.29 is 19.1 Å². The van der Waals surface area contributed by atoms with Crippen molar-refractivity contribution in [3.05, 3.63) is 81.9 Å². The molecule has 2 atom stereocenters. The molecule has 0 bridgehead atoms. The van der Waals surface area contributed by atoms with Crippen molar-refractivity contribution in [2.75, 3.05) is 0 Å². The zero-order valence-corrected chi connectivity index (χ0v) is 21.3. The number of benzene rings is 2. The first-order chi connectivity index (χ1) is 17.4. The van der Waals surface area contributed by atoms with Crippen LogP contribution in [0, 0.1) is 5.92 Å². The number of furan rings is 1. The van der Waals surface area contributed by atoms with Crippen LogP contribution < -0.4 is 0 Å². The number of aliphatic imine (C=N–C) groups is 1. The van der Waals surface area contributed by atoms with Gasteiger partial charge in [0.05, 0.1) is 21.2 Å². The number of para-hydroxylation sites is 1. The van der Waals surface area contributed by atoms with Crippen LogP contribution >= 0.6 is 23.4 Å². The lowest BCUT2D eigenvalue weighted by atomic mass is 9.85. The number of halogens is 1. The topological polar surface area (TPSA) is 83.1 Å². The SMILES string of the molecule is C[C@@H]1CCCC[C@@H]1N1C(=O)/C(=C/c2ccc(-c3ccc(C(=O)O)c(Cl)c3)o2)SC1=Nc1ccccc1. The van der Waals surface area contributed by atoms with Gasteiger partial charge in [-0.3, -0.25) is 9.69 Å². The molecule has 6 nitrogen and oxygen atoms in total. The maximum absolute atomic E-state index is 13.6. The van der Waals surface area contributed by atoms with Crippen LogP contribution in [0.25, 0.3) is 17.4 Å². The van der Waals surface area contributed by atoms with Gasteiger partial charge in [0.25, 0.3) is 5.91 Å². The number of carboxylic acid groups (broad SMARTS) is 1.